The zero-order valence-corrected chi connectivity index (χ0v) is 14.6. The van der Waals surface area contributed by atoms with Crippen LogP contribution in [0.25, 0.3) is 0 Å². The van der Waals surface area contributed by atoms with Crippen molar-refractivity contribution in [2.24, 2.45) is 0 Å². The zero-order chi connectivity index (χ0) is 20.3. The summed E-state index contributed by atoms with van der Waals surface area (Å²) in [4.78, 5) is 33.4. The molecule has 0 fully saturated rings. The summed E-state index contributed by atoms with van der Waals surface area (Å²) >= 11 is 0. The standard InChI is InChI=1S/C12H18.4CHNO/c1-7-8(2)10(4)12(6)11(5)9(7)3;4*2-1-3/h1-6H3;4*2H. The number of carbonyl (C=O) groups excluding carboxylic acids is 4. The predicted molar refractivity (Wildman–Crippen MR) is 88.5 cm³/mol. The van der Waals surface area contributed by atoms with Gasteiger partial charge in [-0.05, 0) is 74.9 Å². The molecule has 24 heavy (non-hydrogen) atoms. The number of hydrogen-bond acceptors (Lipinski definition) is 8. The highest BCUT2D eigenvalue weighted by molar-refractivity contribution is 5.48. The minimum Gasteiger partial charge on any atom is -0.222 e. The molecule has 0 heterocycles. The number of nitrogens with one attached hydrogen (secondary N) is 4. The molecule has 1 aromatic rings. The lowest BCUT2D eigenvalue weighted by atomic mass is 9.90. The fourth-order valence-electron chi connectivity index (χ4n) is 1.69. The Morgan fingerprint density at radius 2 is 0.458 bits per heavy atom. The van der Waals surface area contributed by atoms with Gasteiger partial charge in [0.05, 0.1) is 0 Å². The van der Waals surface area contributed by atoms with E-state index in [0.29, 0.717) is 0 Å². The predicted octanol–water partition coefficient (Wildman–Crippen LogP) is 3.14. The van der Waals surface area contributed by atoms with E-state index in [-0.39, 0.29) is 0 Å². The molecule has 1 rings (SSSR count). The van der Waals surface area contributed by atoms with Gasteiger partial charge in [0.25, 0.3) is 0 Å². The molecular weight excluding hydrogens is 312 g/mol. The third-order valence-corrected chi connectivity index (χ3v) is 3.38. The summed E-state index contributed by atoms with van der Waals surface area (Å²) in [5.74, 6) is 0. The fourth-order valence-corrected chi connectivity index (χ4v) is 1.69. The van der Waals surface area contributed by atoms with E-state index in [1.165, 1.54) is 33.4 Å². The van der Waals surface area contributed by atoms with Gasteiger partial charge in [0.15, 0.2) is 0 Å². The Balaban J connectivity index is -0.000000138. The van der Waals surface area contributed by atoms with E-state index in [1.54, 1.807) is 0 Å². The molecule has 0 atom stereocenters. The summed E-state index contributed by atoms with van der Waals surface area (Å²) in [7, 11) is 0. The number of hydrogen-bond donors (Lipinski definition) is 4. The third-order valence-electron chi connectivity index (χ3n) is 3.38. The number of benzene rings is 1. The van der Waals surface area contributed by atoms with E-state index in [4.69, 9.17) is 40.8 Å². The maximum Gasteiger partial charge on any atom is 0.231 e. The lowest BCUT2D eigenvalue weighted by Gasteiger charge is -2.15. The number of isocyanates is 4. The van der Waals surface area contributed by atoms with Crippen LogP contribution in [-0.2, 0) is 19.2 Å². The molecule has 0 aliphatic heterocycles. The minimum absolute atomic E-state index is 0.750. The van der Waals surface area contributed by atoms with Crippen LogP contribution in [0.4, 0.5) is 0 Å². The van der Waals surface area contributed by atoms with E-state index in [1.807, 2.05) is 0 Å². The van der Waals surface area contributed by atoms with Gasteiger partial charge in [0.2, 0.25) is 24.3 Å². The van der Waals surface area contributed by atoms with Crippen LogP contribution in [-0.4, -0.2) is 24.3 Å². The summed E-state index contributed by atoms with van der Waals surface area (Å²) in [6.45, 7) is 13.3. The molecule has 0 saturated heterocycles. The van der Waals surface area contributed by atoms with E-state index in [2.05, 4.69) is 41.5 Å². The molecule has 0 aromatic heterocycles. The van der Waals surface area contributed by atoms with Crippen LogP contribution in [0.3, 0.4) is 0 Å². The molecule has 0 amide bonds. The first-order chi connectivity index (χ1) is 11.1. The van der Waals surface area contributed by atoms with Gasteiger partial charge in [0.1, 0.15) is 0 Å². The lowest BCUT2D eigenvalue weighted by molar-refractivity contribution is 0.562. The van der Waals surface area contributed by atoms with Crippen LogP contribution in [0.2, 0.25) is 0 Å². The molecule has 130 valence electrons. The molecule has 0 aliphatic carbocycles. The van der Waals surface area contributed by atoms with Crippen molar-refractivity contribution in [3.63, 3.8) is 0 Å². The van der Waals surface area contributed by atoms with E-state index < -0.39 is 0 Å². The van der Waals surface area contributed by atoms with Crippen LogP contribution in [0.5, 0.6) is 0 Å². The van der Waals surface area contributed by atoms with Crippen LogP contribution < -0.4 is 0 Å². The second-order valence-corrected chi connectivity index (χ2v) is 4.16. The first kappa shape index (κ1) is 28.8. The molecule has 4 N–H and O–H groups in total. The molecule has 0 aliphatic rings. The second kappa shape index (κ2) is 19.7. The Morgan fingerprint density at radius 3 is 0.500 bits per heavy atom. The molecular formula is C16H22N4O4. The zero-order valence-electron chi connectivity index (χ0n) is 14.6. The highest BCUT2D eigenvalue weighted by atomic mass is 16.1. The van der Waals surface area contributed by atoms with Crippen LogP contribution in [0, 0.1) is 63.2 Å². The quantitative estimate of drug-likeness (QED) is 0.423. The highest BCUT2D eigenvalue weighted by Gasteiger charge is 2.07. The summed E-state index contributed by atoms with van der Waals surface area (Å²) in [6.07, 6.45) is 3.00. The van der Waals surface area contributed by atoms with Crippen LogP contribution in [0.15, 0.2) is 0 Å². The molecule has 8 nitrogen and oxygen atoms in total. The van der Waals surface area contributed by atoms with Crippen molar-refractivity contribution in [1.82, 2.24) is 0 Å². The van der Waals surface area contributed by atoms with E-state index in [0.717, 1.165) is 24.3 Å². The Morgan fingerprint density at radius 1 is 0.417 bits per heavy atom. The Bertz CT molecular complexity index is 490. The van der Waals surface area contributed by atoms with Gasteiger partial charge in [-0.3, -0.25) is 0 Å². The molecule has 0 radical (unpaired) electrons. The Labute approximate surface area is 140 Å². The van der Waals surface area contributed by atoms with Crippen molar-refractivity contribution in [2.45, 2.75) is 41.5 Å². The maximum absolute atomic E-state index is 8.35. The summed E-state index contributed by atoms with van der Waals surface area (Å²) < 4.78 is 0. The molecule has 8 heteroatoms. The van der Waals surface area contributed by atoms with Crippen molar-refractivity contribution in [1.29, 1.82) is 21.6 Å². The largest absolute Gasteiger partial charge is 0.231 e. The molecule has 0 spiro atoms. The Kier molecular flexibility index (Phi) is 23.7. The summed E-state index contributed by atoms with van der Waals surface area (Å²) in [5, 5.41) is 21.6. The van der Waals surface area contributed by atoms with Crippen molar-refractivity contribution in [2.75, 3.05) is 0 Å². The summed E-state index contributed by atoms with van der Waals surface area (Å²) in [5.41, 5.74) is 8.73. The van der Waals surface area contributed by atoms with Gasteiger partial charge in [-0.25, -0.2) is 40.8 Å². The molecule has 0 bridgehead atoms. The second-order valence-electron chi connectivity index (χ2n) is 4.16. The smallest absolute Gasteiger partial charge is 0.222 e. The highest BCUT2D eigenvalue weighted by Crippen LogP contribution is 2.24. The SMILES string of the molecule is Cc1c(C)c(C)c(C)c(C)c1C.N=C=O.N=C=O.N=C=O.N=C=O. The molecule has 0 unspecified atom stereocenters. The van der Waals surface area contributed by atoms with Gasteiger partial charge in [0, 0.05) is 0 Å². The minimum atomic E-state index is 0.750. The maximum atomic E-state index is 8.35. The van der Waals surface area contributed by atoms with Crippen molar-refractivity contribution in [3.8, 4) is 0 Å². The van der Waals surface area contributed by atoms with Gasteiger partial charge in [-0.15, -0.1) is 0 Å². The third kappa shape index (κ3) is 13.7. The van der Waals surface area contributed by atoms with Gasteiger partial charge < -0.3 is 0 Å². The average molecular weight is 334 g/mol. The van der Waals surface area contributed by atoms with Gasteiger partial charge >= 0.3 is 0 Å². The normalized spacial score (nSPS) is 6.58. The first-order valence-electron chi connectivity index (χ1n) is 6.32. The fraction of sp³-hybridized carbons (Fsp3) is 0.375. The van der Waals surface area contributed by atoms with Crippen molar-refractivity contribution >= 4 is 24.3 Å². The Hall–Kier alpha value is -3.26. The van der Waals surface area contributed by atoms with Crippen molar-refractivity contribution in [3.05, 3.63) is 33.4 Å². The van der Waals surface area contributed by atoms with Gasteiger partial charge in [-0.1, -0.05) is 0 Å². The van der Waals surface area contributed by atoms with Crippen molar-refractivity contribution < 1.29 is 19.2 Å². The number of rotatable bonds is 0. The first-order valence-corrected chi connectivity index (χ1v) is 6.32. The van der Waals surface area contributed by atoms with Crippen LogP contribution >= 0.6 is 0 Å². The van der Waals surface area contributed by atoms with E-state index in [9.17, 15) is 0 Å². The van der Waals surface area contributed by atoms with Gasteiger partial charge in [-0.2, -0.15) is 0 Å². The monoisotopic (exact) mass is 334 g/mol. The lowest BCUT2D eigenvalue weighted by Crippen LogP contribution is -1.98. The van der Waals surface area contributed by atoms with E-state index >= 15 is 0 Å². The molecule has 1 aromatic carbocycles. The summed E-state index contributed by atoms with van der Waals surface area (Å²) in [6, 6.07) is 0. The molecule has 0 saturated carbocycles. The average Bonchev–Trinajstić information content (AvgIpc) is 2.52. The topological polar surface area (TPSA) is 164 Å². The van der Waals surface area contributed by atoms with Crippen LogP contribution in [0.1, 0.15) is 33.4 Å².